The van der Waals surface area contributed by atoms with Gasteiger partial charge in [-0.1, -0.05) is 6.92 Å². The number of carbonyl (C=O) groups excluding carboxylic acids is 1. The number of hydrogen-bond acceptors (Lipinski definition) is 4. The maximum atomic E-state index is 12.2. The van der Waals surface area contributed by atoms with E-state index >= 15 is 0 Å². The Morgan fingerprint density at radius 2 is 2.19 bits per heavy atom. The fourth-order valence-electron chi connectivity index (χ4n) is 2.53. The number of nitrogens with one attached hydrogen (secondary N) is 2. The Hall–Kier alpha value is -1.62. The first-order chi connectivity index (χ1) is 10.2. The number of aromatic nitrogens is 1. The summed E-state index contributed by atoms with van der Waals surface area (Å²) < 4.78 is 0. The molecule has 0 aromatic carbocycles. The molecule has 0 radical (unpaired) electrons. The third-order valence-electron chi connectivity index (χ3n) is 3.97. The molecule has 1 aliphatic rings. The second-order valence-corrected chi connectivity index (χ2v) is 5.81. The highest BCUT2D eigenvalue weighted by Gasteiger charge is 2.17. The van der Waals surface area contributed by atoms with Crippen LogP contribution in [0.4, 0.5) is 5.82 Å². The van der Waals surface area contributed by atoms with Crippen molar-refractivity contribution in [1.82, 2.24) is 15.2 Å². The highest BCUT2D eigenvalue weighted by Crippen LogP contribution is 2.15. The van der Waals surface area contributed by atoms with Gasteiger partial charge in [-0.05, 0) is 57.5 Å². The van der Waals surface area contributed by atoms with Crippen molar-refractivity contribution < 1.29 is 4.79 Å². The monoisotopic (exact) mass is 290 g/mol. The molecule has 0 atom stereocenters. The molecule has 116 valence electrons. The molecule has 5 nitrogen and oxygen atoms in total. The van der Waals surface area contributed by atoms with Crippen molar-refractivity contribution in [2.75, 3.05) is 38.5 Å². The van der Waals surface area contributed by atoms with Crippen molar-refractivity contribution in [3.8, 4) is 0 Å². The van der Waals surface area contributed by atoms with E-state index in [2.05, 4.69) is 34.5 Å². The lowest BCUT2D eigenvalue weighted by molar-refractivity contribution is 0.0939. The van der Waals surface area contributed by atoms with Crippen molar-refractivity contribution in [3.05, 3.63) is 23.9 Å². The van der Waals surface area contributed by atoms with E-state index in [0.29, 0.717) is 11.5 Å². The predicted molar refractivity (Wildman–Crippen MR) is 85.6 cm³/mol. The van der Waals surface area contributed by atoms with Gasteiger partial charge in [0.05, 0.1) is 0 Å². The van der Waals surface area contributed by atoms with Crippen molar-refractivity contribution in [2.24, 2.45) is 5.92 Å². The highest BCUT2D eigenvalue weighted by molar-refractivity contribution is 5.94. The molecule has 21 heavy (non-hydrogen) atoms. The number of anilines is 1. The van der Waals surface area contributed by atoms with Crippen LogP contribution in [0.1, 0.15) is 36.5 Å². The molecule has 0 unspecified atom stereocenters. The van der Waals surface area contributed by atoms with E-state index in [1.165, 1.54) is 0 Å². The third-order valence-corrected chi connectivity index (χ3v) is 3.97. The summed E-state index contributed by atoms with van der Waals surface area (Å²) in [6, 6.07) is 3.58. The van der Waals surface area contributed by atoms with Crippen LogP contribution in [0.5, 0.6) is 0 Å². The van der Waals surface area contributed by atoms with Crippen LogP contribution in [-0.4, -0.2) is 49.0 Å². The number of piperidine rings is 1. The summed E-state index contributed by atoms with van der Waals surface area (Å²) in [6.45, 7) is 5.99. The van der Waals surface area contributed by atoms with Crippen molar-refractivity contribution in [2.45, 2.75) is 26.2 Å². The average molecular weight is 290 g/mol. The maximum Gasteiger partial charge on any atom is 0.251 e. The summed E-state index contributed by atoms with van der Waals surface area (Å²) >= 11 is 0. The molecule has 1 fully saturated rings. The van der Waals surface area contributed by atoms with Crippen LogP contribution in [-0.2, 0) is 0 Å². The molecule has 0 saturated carbocycles. The summed E-state index contributed by atoms with van der Waals surface area (Å²) in [7, 11) is 2.15. The van der Waals surface area contributed by atoms with E-state index in [1.54, 1.807) is 12.3 Å². The van der Waals surface area contributed by atoms with Crippen molar-refractivity contribution >= 4 is 11.7 Å². The van der Waals surface area contributed by atoms with Gasteiger partial charge < -0.3 is 15.5 Å². The van der Waals surface area contributed by atoms with E-state index in [9.17, 15) is 4.79 Å². The molecular formula is C16H26N4O. The molecule has 1 saturated heterocycles. The van der Waals surface area contributed by atoms with Gasteiger partial charge in [-0.3, -0.25) is 4.79 Å². The Morgan fingerprint density at radius 1 is 1.43 bits per heavy atom. The van der Waals surface area contributed by atoms with E-state index < -0.39 is 0 Å². The fourth-order valence-corrected chi connectivity index (χ4v) is 2.53. The van der Waals surface area contributed by atoms with Gasteiger partial charge >= 0.3 is 0 Å². The van der Waals surface area contributed by atoms with Crippen molar-refractivity contribution in [1.29, 1.82) is 0 Å². The van der Waals surface area contributed by atoms with Crippen LogP contribution in [0.3, 0.4) is 0 Å². The molecule has 5 heteroatoms. The van der Waals surface area contributed by atoms with Crippen LogP contribution >= 0.6 is 0 Å². The van der Waals surface area contributed by atoms with Gasteiger partial charge in [0.1, 0.15) is 5.82 Å². The van der Waals surface area contributed by atoms with Crippen LogP contribution < -0.4 is 10.6 Å². The van der Waals surface area contributed by atoms with Gasteiger partial charge in [0.2, 0.25) is 0 Å². The Balaban J connectivity index is 1.82. The average Bonchev–Trinajstić information content (AvgIpc) is 2.52. The van der Waals surface area contributed by atoms with Crippen LogP contribution in [0, 0.1) is 5.92 Å². The summed E-state index contributed by atoms with van der Waals surface area (Å²) in [4.78, 5) is 18.8. The van der Waals surface area contributed by atoms with Crippen LogP contribution in [0.15, 0.2) is 18.3 Å². The molecule has 1 aromatic rings. The summed E-state index contributed by atoms with van der Waals surface area (Å²) in [6.07, 6.45) is 5.05. The summed E-state index contributed by atoms with van der Waals surface area (Å²) in [5.41, 5.74) is 0.677. The number of pyridine rings is 1. The van der Waals surface area contributed by atoms with Gasteiger partial charge in [-0.15, -0.1) is 0 Å². The lowest BCUT2D eigenvalue weighted by atomic mass is 9.97. The number of nitrogens with zero attached hydrogens (tertiary/aromatic N) is 2. The maximum absolute atomic E-state index is 12.2. The second-order valence-electron chi connectivity index (χ2n) is 5.81. The minimum atomic E-state index is -0.00382. The fraction of sp³-hybridized carbons (Fsp3) is 0.625. The quantitative estimate of drug-likeness (QED) is 0.841. The first-order valence-electron chi connectivity index (χ1n) is 7.85. The van der Waals surface area contributed by atoms with Gasteiger partial charge in [0, 0.05) is 24.8 Å². The largest absolute Gasteiger partial charge is 0.370 e. The van der Waals surface area contributed by atoms with Gasteiger partial charge in [-0.25, -0.2) is 4.98 Å². The standard InChI is InChI=1S/C16H26N4O/c1-3-7-17-15-11-14(4-8-18-15)16(21)19-12-13-5-9-20(2)10-6-13/h4,8,11,13H,3,5-7,9-10,12H2,1-2H3,(H,17,18)(H,19,21). The van der Waals surface area contributed by atoms with E-state index in [4.69, 9.17) is 0 Å². The van der Waals surface area contributed by atoms with E-state index in [1.807, 2.05) is 6.07 Å². The Bertz CT molecular complexity index is 455. The molecule has 2 heterocycles. The molecule has 1 amide bonds. The highest BCUT2D eigenvalue weighted by atomic mass is 16.1. The first-order valence-corrected chi connectivity index (χ1v) is 7.85. The number of amides is 1. The molecule has 1 aromatic heterocycles. The minimum absolute atomic E-state index is 0.00382. The van der Waals surface area contributed by atoms with E-state index in [-0.39, 0.29) is 5.91 Å². The lowest BCUT2D eigenvalue weighted by Gasteiger charge is -2.28. The zero-order chi connectivity index (χ0) is 15.1. The summed E-state index contributed by atoms with van der Waals surface area (Å²) in [5.74, 6) is 1.37. The molecule has 0 bridgehead atoms. The topological polar surface area (TPSA) is 57.3 Å². The van der Waals surface area contributed by atoms with Crippen LogP contribution in [0.25, 0.3) is 0 Å². The zero-order valence-corrected chi connectivity index (χ0v) is 13.1. The number of likely N-dealkylation sites (tertiary alicyclic amines) is 1. The van der Waals surface area contributed by atoms with Crippen LogP contribution in [0.2, 0.25) is 0 Å². The molecule has 0 spiro atoms. The third kappa shape index (κ3) is 5.01. The Labute approximate surface area is 127 Å². The number of carbonyl (C=O) groups is 1. The van der Waals surface area contributed by atoms with Crippen molar-refractivity contribution in [3.63, 3.8) is 0 Å². The smallest absolute Gasteiger partial charge is 0.251 e. The molecule has 2 N–H and O–H groups in total. The van der Waals surface area contributed by atoms with Gasteiger partial charge in [0.25, 0.3) is 5.91 Å². The predicted octanol–water partition coefficient (Wildman–Crippen LogP) is 1.98. The lowest BCUT2D eigenvalue weighted by Crippen LogP contribution is -2.36. The summed E-state index contributed by atoms with van der Waals surface area (Å²) in [5, 5.41) is 6.26. The second kappa shape index (κ2) is 7.98. The minimum Gasteiger partial charge on any atom is -0.370 e. The first kappa shape index (κ1) is 15.8. The normalized spacial score (nSPS) is 16.7. The van der Waals surface area contributed by atoms with Gasteiger partial charge in [0.15, 0.2) is 0 Å². The number of rotatable bonds is 6. The SMILES string of the molecule is CCCNc1cc(C(=O)NCC2CCN(C)CC2)ccn1. The molecule has 2 rings (SSSR count). The van der Waals surface area contributed by atoms with Gasteiger partial charge in [-0.2, -0.15) is 0 Å². The Morgan fingerprint density at radius 3 is 2.90 bits per heavy atom. The Kier molecular flexibility index (Phi) is 5.99. The molecule has 1 aliphatic heterocycles. The molecular weight excluding hydrogens is 264 g/mol. The zero-order valence-electron chi connectivity index (χ0n) is 13.1. The molecule has 0 aliphatic carbocycles. The number of hydrogen-bond donors (Lipinski definition) is 2. The van der Waals surface area contributed by atoms with E-state index in [0.717, 1.165) is 51.3 Å².